The van der Waals surface area contributed by atoms with Crippen LogP contribution >= 0.6 is 11.3 Å². The van der Waals surface area contributed by atoms with E-state index in [1.807, 2.05) is 34.7 Å². The van der Waals surface area contributed by atoms with E-state index in [-0.39, 0.29) is 12.5 Å². The number of fused-ring (bicyclic) bond motifs is 1. The number of amides is 1. The quantitative estimate of drug-likeness (QED) is 0.846. The zero-order valence-electron chi connectivity index (χ0n) is 13.3. The van der Waals surface area contributed by atoms with Gasteiger partial charge in [-0.2, -0.15) is 0 Å². The number of rotatable bonds is 3. The van der Waals surface area contributed by atoms with Crippen LogP contribution in [0.25, 0.3) is 0 Å². The molecule has 7 heteroatoms. The predicted molar refractivity (Wildman–Crippen MR) is 90.3 cm³/mol. The molecule has 4 rings (SSSR count). The highest BCUT2D eigenvalue weighted by atomic mass is 32.1. The molecule has 2 aliphatic heterocycles. The average molecular weight is 345 g/mol. The molecule has 0 saturated carbocycles. The van der Waals surface area contributed by atoms with Gasteiger partial charge in [-0.1, -0.05) is 12.1 Å². The standard InChI is InChI=1S/C17H19N3O3S/c21-17(16-10-22-14-3-1-2-4-15(14)23-16)20-7-5-19(6-8-20)9-13-11-24-12-18-13/h1-4,11-12,16H,5-10H2/t16-/m1/s1. The van der Waals surface area contributed by atoms with Crippen molar-refractivity contribution < 1.29 is 14.3 Å². The Kier molecular flexibility index (Phi) is 4.36. The Morgan fingerprint density at radius 1 is 1.21 bits per heavy atom. The number of nitrogens with zero attached hydrogens (tertiary/aromatic N) is 3. The first-order valence-electron chi connectivity index (χ1n) is 8.06. The summed E-state index contributed by atoms with van der Waals surface area (Å²) in [4.78, 5) is 21.2. The normalized spacial score (nSPS) is 20.8. The maximum Gasteiger partial charge on any atom is 0.267 e. The van der Waals surface area contributed by atoms with Crippen molar-refractivity contribution >= 4 is 17.2 Å². The third-order valence-corrected chi connectivity index (χ3v) is 4.97. The average Bonchev–Trinajstić information content (AvgIpc) is 3.14. The number of benzene rings is 1. The monoisotopic (exact) mass is 345 g/mol. The number of carbonyl (C=O) groups is 1. The Bertz CT molecular complexity index is 699. The van der Waals surface area contributed by atoms with Crippen molar-refractivity contribution in [2.24, 2.45) is 0 Å². The Morgan fingerprint density at radius 2 is 2.00 bits per heavy atom. The molecule has 3 heterocycles. The SMILES string of the molecule is O=C([C@H]1COc2ccccc2O1)N1CCN(Cc2cscn2)CC1. The lowest BCUT2D eigenvalue weighted by atomic mass is 10.2. The highest BCUT2D eigenvalue weighted by Crippen LogP contribution is 2.31. The zero-order chi connectivity index (χ0) is 16.4. The van der Waals surface area contributed by atoms with Crippen LogP contribution < -0.4 is 9.47 Å². The second-order valence-electron chi connectivity index (χ2n) is 5.95. The van der Waals surface area contributed by atoms with Gasteiger partial charge in [0, 0.05) is 38.1 Å². The van der Waals surface area contributed by atoms with Gasteiger partial charge >= 0.3 is 0 Å². The number of carbonyl (C=O) groups excluding carboxylic acids is 1. The lowest BCUT2D eigenvalue weighted by Crippen LogP contribution is -2.53. The van der Waals surface area contributed by atoms with Gasteiger partial charge in [-0.05, 0) is 12.1 Å². The number of hydrogen-bond acceptors (Lipinski definition) is 6. The third-order valence-electron chi connectivity index (χ3n) is 4.34. The summed E-state index contributed by atoms with van der Waals surface area (Å²) in [5.41, 5.74) is 2.95. The minimum Gasteiger partial charge on any atom is -0.485 e. The number of piperazine rings is 1. The second-order valence-corrected chi connectivity index (χ2v) is 6.66. The molecule has 24 heavy (non-hydrogen) atoms. The van der Waals surface area contributed by atoms with Crippen LogP contribution in [-0.2, 0) is 11.3 Å². The second kappa shape index (κ2) is 6.78. The molecule has 0 spiro atoms. The predicted octanol–water partition coefficient (Wildman–Crippen LogP) is 1.63. The van der Waals surface area contributed by atoms with E-state index in [4.69, 9.17) is 9.47 Å². The molecular formula is C17H19N3O3S. The van der Waals surface area contributed by atoms with Gasteiger partial charge in [0.25, 0.3) is 5.91 Å². The van der Waals surface area contributed by atoms with Gasteiger partial charge in [-0.3, -0.25) is 9.69 Å². The summed E-state index contributed by atoms with van der Waals surface area (Å²) in [5.74, 6) is 1.36. The van der Waals surface area contributed by atoms with Gasteiger partial charge in [0.2, 0.25) is 6.10 Å². The highest BCUT2D eigenvalue weighted by Gasteiger charge is 2.32. The minimum atomic E-state index is -0.551. The summed E-state index contributed by atoms with van der Waals surface area (Å²) in [6.07, 6.45) is -0.551. The third kappa shape index (κ3) is 3.22. The summed E-state index contributed by atoms with van der Waals surface area (Å²) in [7, 11) is 0. The van der Waals surface area contributed by atoms with Crippen molar-refractivity contribution in [2.75, 3.05) is 32.8 Å². The molecule has 126 valence electrons. The molecule has 1 amide bonds. The van der Waals surface area contributed by atoms with Crippen LogP contribution in [0.15, 0.2) is 35.2 Å². The van der Waals surface area contributed by atoms with E-state index in [2.05, 4.69) is 15.3 Å². The summed E-state index contributed by atoms with van der Waals surface area (Å²) in [6, 6.07) is 7.46. The number of aromatic nitrogens is 1. The number of thiazole rings is 1. The molecule has 1 atom stereocenters. The van der Waals surface area contributed by atoms with Crippen LogP contribution in [0.2, 0.25) is 0 Å². The number of para-hydroxylation sites is 2. The van der Waals surface area contributed by atoms with Gasteiger partial charge in [0.1, 0.15) is 6.61 Å². The summed E-state index contributed by atoms with van der Waals surface area (Å²) in [5, 5.41) is 2.07. The largest absolute Gasteiger partial charge is 0.485 e. The van der Waals surface area contributed by atoms with Crippen LogP contribution in [-0.4, -0.2) is 59.6 Å². The molecule has 1 aromatic carbocycles. The number of ether oxygens (including phenoxy) is 2. The van der Waals surface area contributed by atoms with Crippen molar-refractivity contribution in [2.45, 2.75) is 12.6 Å². The smallest absolute Gasteiger partial charge is 0.267 e. The fourth-order valence-corrected chi connectivity index (χ4v) is 3.57. The molecule has 1 aromatic heterocycles. The molecule has 0 bridgehead atoms. The fourth-order valence-electron chi connectivity index (χ4n) is 3.02. The Balaban J connectivity index is 1.32. The van der Waals surface area contributed by atoms with Crippen molar-refractivity contribution in [3.05, 3.63) is 40.8 Å². The fraction of sp³-hybridized carbons (Fsp3) is 0.412. The lowest BCUT2D eigenvalue weighted by molar-refractivity contribution is -0.143. The van der Waals surface area contributed by atoms with Gasteiger partial charge in [-0.15, -0.1) is 11.3 Å². The maximum absolute atomic E-state index is 12.7. The van der Waals surface area contributed by atoms with E-state index in [1.165, 1.54) is 0 Å². The molecule has 0 N–H and O–H groups in total. The van der Waals surface area contributed by atoms with Gasteiger partial charge in [-0.25, -0.2) is 4.98 Å². The first-order chi connectivity index (χ1) is 11.8. The first-order valence-corrected chi connectivity index (χ1v) is 9.00. The van der Waals surface area contributed by atoms with Crippen LogP contribution in [0.1, 0.15) is 5.69 Å². The van der Waals surface area contributed by atoms with Crippen molar-refractivity contribution in [3.63, 3.8) is 0 Å². The van der Waals surface area contributed by atoms with E-state index in [9.17, 15) is 4.79 Å². The highest BCUT2D eigenvalue weighted by molar-refractivity contribution is 7.07. The molecule has 0 radical (unpaired) electrons. The molecule has 6 nitrogen and oxygen atoms in total. The van der Waals surface area contributed by atoms with Crippen molar-refractivity contribution in [1.29, 1.82) is 0 Å². The Morgan fingerprint density at radius 3 is 2.75 bits per heavy atom. The Labute approximate surface area is 144 Å². The summed E-state index contributed by atoms with van der Waals surface area (Å²) in [6.45, 7) is 4.26. The molecular weight excluding hydrogens is 326 g/mol. The van der Waals surface area contributed by atoms with Gasteiger partial charge in [0.05, 0.1) is 11.2 Å². The molecule has 1 fully saturated rings. The summed E-state index contributed by atoms with van der Waals surface area (Å²) < 4.78 is 11.5. The van der Waals surface area contributed by atoms with E-state index >= 15 is 0 Å². The molecule has 2 aliphatic rings. The van der Waals surface area contributed by atoms with E-state index in [0.717, 1.165) is 25.3 Å². The molecule has 0 aliphatic carbocycles. The van der Waals surface area contributed by atoms with E-state index in [1.54, 1.807) is 11.3 Å². The lowest BCUT2D eigenvalue weighted by Gasteiger charge is -2.36. The topological polar surface area (TPSA) is 54.9 Å². The molecule has 1 saturated heterocycles. The van der Waals surface area contributed by atoms with Crippen molar-refractivity contribution in [1.82, 2.24) is 14.8 Å². The summed E-state index contributed by atoms with van der Waals surface area (Å²) >= 11 is 1.61. The number of hydrogen-bond donors (Lipinski definition) is 0. The molecule has 2 aromatic rings. The van der Waals surface area contributed by atoms with Gasteiger partial charge < -0.3 is 14.4 Å². The minimum absolute atomic E-state index is 0.0119. The van der Waals surface area contributed by atoms with Crippen LogP contribution in [0, 0.1) is 0 Å². The maximum atomic E-state index is 12.7. The van der Waals surface area contributed by atoms with E-state index < -0.39 is 6.10 Å². The molecule has 0 unspecified atom stereocenters. The van der Waals surface area contributed by atoms with Crippen LogP contribution in [0.3, 0.4) is 0 Å². The van der Waals surface area contributed by atoms with E-state index in [0.29, 0.717) is 24.6 Å². The van der Waals surface area contributed by atoms with Crippen LogP contribution in [0.4, 0.5) is 0 Å². The zero-order valence-corrected chi connectivity index (χ0v) is 14.1. The van der Waals surface area contributed by atoms with Crippen LogP contribution in [0.5, 0.6) is 11.5 Å². The first kappa shape index (κ1) is 15.4. The van der Waals surface area contributed by atoms with Crippen molar-refractivity contribution in [3.8, 4) is 11.5 Å². The van der Waals surface area contributed by atoms with Gasteiger partial charge in [0.15, 0.2) is 11.5 Å². The Hall–Kier alpha value is -2.12.